The molecule has 3 aromatic rings. The number of aryl methyl sites for hydroxylation is 1. The Kier molecular flexibility index (Phi) is 2.99. The van der Waals surface area contributed by atoms with Crippen LogP contribution in [0.2, 0.25) is 5.02 Å². The highest BCUT2D eigenvalue weighted by Gasteiger charge is 2.12. The Morgan fingerprint density at radius 2 is 2.00 bits per heavy atom. The number of aromatic nitrogens is 2. The van der Waals surface area contributed by atoms with Crippen molar-refractivity contribution in [3.8, 4) is 5.69 Å². The lowest BCUT2D eigenvalue weighted by molar-refractivity contribution is 0.996. The van der Waals surface area contributed by atoms with Crippen LogP contribution < -0.4 is 5.73 Å². The standard InChI is InChI=1S/C14H11BrClN3/c1-8-18-12-7-10(17)3-5-14(12)19(8)13-4-2-9(16)6-11(13)15/h2-7H,17H2,1H3. The fourth-order valence-electron chi connectivity index (χ4n) is 2.18. The van der Waals surface area contributed by atoms with E-state index in [1.165, 1.54) is 0 Å². The second kappa shape index (κ2) is 4.54. The van der Waals surface area contributed by atoms with Crippen molar-refractivity contribution in [1.29, 1.82) is 0 Å². The Morgan fingerprint density at radius 3 is 2.74 bits per heavy atom. The zero-order valence-corrected chi connectivity index (χ0v) is 12.5. The van der Waals surface area contributed by atoms with Crippen molar-refractivity contribution in [3.05, 3.63) is 51.7 Å². The molecule has 0 fully saturated rings. The summed E-state index contributed by atoms with van der Waals surface area (Å²) in [6, 6.07) is 11.4. The maximum atomic E-state index is 5.99. The van der Waals surface area contributed by atoms with Gasteiger partial charge >= 0.3 is 0 Å². The van der Waals surface area contributed by atoms with E-state index in [0.29, 0.717) is 10.7 Å². The van der Waals surface area contributed by atoms with Gasteiger partial charge in [-0.05, 0) is 59.3 Å². The predicted molar refractivity (Wildman–Crippen MR) is 82.9 cm³/mol. The van der Waals surface area contributed by atoms with Gasteiger partial charge in [-0.3, -0.25) is 4.57 Å². The lowest BCUT2D eigenvalue weighted by Gasteiger charge is -2.09. The van der Waals surface area contributed by atoms with E-state index in [1.807, 2.05) is 43.3 Å². The minimum atomic E-state index is 0.696. The number of imidazole rings is 1. The molecule has 96 valence electrons. The third-order valence-electron chi connectivity index (χ3n) is 3.00. The van der Waals surface area contributed by atoms with Gasteiger partial charge in [-0.2, -0.15) is 0 Å². The highest BCUT2D eigenvalue weighted by molar-refractivity contribution is 9.10. The minimum Gasteiger partial charge on any atom is -0.399 e. The Hall–Kier alpha value is -1.52. The van der Waals surface area contributed by atoms with Crippen LogP contribution in [-0.4, -0.2) is 9.55 Å². The number of nitrogen functional groups attached to an aromatic ring is 1. The molecule has 0 aliphatic heterocycles. The molecule has 0 unspecified atom stereocenters. The van der Waals surface area contributed by atoms with Gasteiger partial charge in [-0.1, -0.05) is 11.6 Å². The normalized spacial score (nSPS) is 11.1. The number of hydrogen-bond acceptors (Lipinski definition) is 2. The molecule has 1 heterocycles. The van der Waals surface area contributed by atoms with Gasteiger partial charge in [0, 0.05) is 15.2 Å². The molecule has 1 aromatic heterocycles. The molecular formula is C14H11BrClN3. The van der Waals surface area contributed by atoms with Crippen molar-refractivity contribution in [3.63, 3.8) is 0 Å². The zero-order valence-electron chi connectivity index (χ0n) is 10.2. The number of nitrogens with two attached hydrogens (primary N) is 1. The maximum Gasteiger partial charge on any atom is 0.111 e. The lowest BCUT2D eigenvalue weighted by atomic mass is 10.2. The third kappa shape index (κ3) is 2.11. The van der Waals surface area contributed by atoms with Crippen LogP contribution in [0, 0.1) is 6.92 Å². The molecule has 0 amide bonds. The Morgan fingerprint density at radius 1 is 1.21 bits per heavy atom. The van der Waals surface area contributed by atoms with E-state index >= 15 is 0 Å². The number of anilines is 1. The van der Waals surface area contributed by atoms with Gasteiger partial charge in [0.2, 0.25) is 0 Å². The number of nitrogens with zero attached hydrogens (tertiary/aromatic N) is 2. The monoisotopic (exact) mass is 335 g/mol. The van der Waals surface area contributed by atoms with Crippen molar-refractivity contribution in [2.75, 3.05) is 5.73 Å². The molecule has 0 bridgehead atoms. The highest BCUT2D eigenvalue weighted by atomic mass is 79.9. The molecule has 2 aromatic carbocycles. The fraction of sp³-hybridized carbons (Fsp3) is 0.0714. The third-order valence-corrected chi connectivity index (χ3v) is 3.87. The molecule has 2 N–H and O–H groups in total. The number of fused-ring (bicyclic) bond motifs is 1. The summed E-state index contributed by atoms with van der Waals surface area (Å²) in [7, 11) is 0. The number of rotatable bonds is 1. The van der Waals surface area contributed by atoms with E-state index in [-0.39, 0.29) is 0 Å². The Labute approximate surface area is 124 Å². The van der Waals surface area contributed by atoms with Gasteiger partial charge < -0.3 is 5.73 Å². The van der Waals surface area contributed by atoms with Gasteiger partial charge in [0.1, 0.15) is 5.82 Å². The number of halogens is 2. The van der Waals surface area contributed by atoms with Crippen LogP contribution in [0.5, 0.6) is 0 Å². The number of hydrogen-bond donors (Lipinski definition) is 1. The molecule has 3 rings (SSSR count). The van der Waals surface area contributed by atoms with Crippen LogP contribution in [-0.2, 0) is 0 Å². The fourth-order valence-corrected chi connectivity index (χ4v) is 3.04. The van der Waals surface area contributed by atoms with Crippen molar-refractivity contribution in [2.24, 2.45) is 0 Å². The average molecular weight is 337 g/mol. The summed E-state index contributed by atoms with van der Waals surface area (Å²) in [6.45, 7) is 1.97. The Balaban J connectivity index is 2.33. The van der Waals surface area contributed by atoms with E-state index in [2.05, 4.69) is 25.5 Å². The summed E-state index contributed by atoms with van der Waals surface area (Å²) in [5, 5.41) is 0.696. The first-order chi connectivity index (χ1) is 9.06. The predicted octanol–water partition coefficient (Wildman–Crippen LogP) is 4.33. The summed E-state index contributed by atoms with van der Waals surface area (Å²) in [4.78, 5) is 4.54. The summed E-state index contributed by atoms with van der Waals surface area (Å²) in [6.07, 6.45) is 0. The first kappa shape index (κ1) is 12.5. The molecule has 0 aliphatic rings. The molecule has 0 spiro atoms. The molecule has 0 saturated heterocycles. The molecule has 3 nitrogen and oxygen atoms in total. The second-order valence-electron chi connectivity index (χ2n) is 4.34. The summed E-state index contributed by atoms with van der Waals surface area (Å²) in [5.74, 6) is 0.906. The zero-order chi connectivity index (χ0) is 13.6. The first-order valence-electron chi connectivity index (χ1n) is 5.76. The van der Waals surface area contributed by atoms with E-state index in [9.17, 15) is 0 Å². The van der Waals surface area contributed by atoms with Crippen LogP contribution in [0.1, 0.15) is 5.82 Å². The van der Waals surface area contributed by atoms with Gasteiger partial charge in [-0.15, -0.1) is 0 Å². The van der Waals surface area contributed by atoms with Crippen molar-refractivity contribution in [2.45, 2.75) is 6.92 Å². The van der Waals surface area contributed by atoms with Crippen molar-refractivity contribution < 1.29 is 0 Å². The first-order valence-corrected chi connectivity index (χ1v) is 6.93. The van der Waals surface area contributed by atoms with E-state index in [0.717, 1.165) is 27.0 Å². The summed E-state index contributed by atoms with van der Waals surface area (Å²) in [5.41, 5.74) is 9.43. The molecule has 19 heavy (non-hydrogen) atoms. The topological polar surface area (TPSA) is 43.8 Å². The number of benzene rings is 2. The SMILES string of the molecule is Cc1nc2cc(N)ccc2n1-c1ccc(Cl)cc1Br. The van der Waals surface area contributed by atoms with E-state index in [4.69, 9.17) is 17.3 Å². The van der Waals surface area contributed by atoms with Crippen LogP contribution in [0.3, 0.4) is 0 Å². The van der Waals surface area contributed by atoms with Crippen LogP contribution >= 0.6 is 27.5 Å². The largest absolute Gasteiger partial charge is 0.399 e. The van der Waals surface area contributed by atoms with Crippen molar-refractivity contribution >= 4 is 44.3 Å². The molecule has 5 heteroatoms. The molecule has 0 radical (unpaired) electrons. The molecular weight excluding hydrogens is 326 g/mol. The molecule has 0 aliphatic carbocycles. The van der Waals surface area contributed by atoms with Gasteiger partial charge in [0.05, 0.1) is 16.7 Å². The summed E-state index contributed by atoms with van der Waals surface area (Å²) >= 11 is 9.53. The van der Waals surface area contributed by atoms with Crippen LogP contribution in [0.4, 0.5) is 5.69 Å². The lowest BCUT2D eigenvalue weighted by Crippen LogP contribution is -1.98. The van der Waals surface area contributed by atoms with E-state index < -0.39 is 0 Å². The smallest absolute Gasteiger partial charge is 0.111 e. The maximum absolute atomic E-state index is 5.99. The average Bonchev–Trinajstić information content (AvgIpc) is 2.65. The second-order valence-corrected chi connectivity index (χ2v) is 5.63. The van der Waals surface area contributed by atoms with Gasteiger partial charge in [0.25, 0.3) is 0 Å². The molecule has 0 saturated carbocycles. The van der Waals surface area contributed by atoms with Gasteiger partial charge in [-0.25, -0.2) is 4.98 Å². The van der Waals surface area contributed by atoms with E-state index in [1.54, 1.807) is 0 Å². The van der Waals surface area contributed by atoms with Crippen LogP contribution in [0.15, 0.2) is 40.9 Å². The summed E-state index contributed by atoms with van der Waals surface area (Å²) < 4.78 is 3.01. The van der Waals surface area contributed by atoms with Crippen molar-refractivity contribution in [1.82, 2.24) is 9.55 Å². The van der Waals surface area contributed by atoms with Gasteiger partial charge in [0.15, 0.2) is 0 Å². The van der Waals surface area contributed by atoms with Crippen LogP contribution in [0.25, 0.3) is 16.7 Å². The highest BCUT2D eigenvalue weighted by Crippen LogP contribution is 2.29. The Bertz CT molecular complexity index is 780. The quantitative estimate of drug-likeness (QED) is 0.672. The minimum absolute atomic E-state index is 0.696. The molecule has 0 atom stereocenters.